The molecule has 0 saturated carbocycles. The van der Waals surface area contributed by atoms with Gasteiger partial charge in [0.2, 0.25) is 5.91 Å². The third-order valence-electron chi connectivity index (χ3n) is 5.38. The minimum Gasteiger partial charge on any atom is -0.482 e. The molecule has 0 spiro atoms. The number of benzene rings is 2. The summed E-state index contributed by atoms with van der Waals surface area (Å²) in [4.78, 5) is 31.2. The Bertz CT molecular complexity index is 944. The molecule has 0 unspecified atom stereocenters. The van der Waals surface area contributed by atoms with Crippen LogP contribution in [-0.4, -0.2) is 68.0 Å². The van der Waals surface area contributed by atoms with E-state index >= 15 is 0 Å². The van der Waals surface area contributed by atoms with Gasteiger partial charge in [-0.3, -0.25) is 19.4 Å². The summed E-state index contributed by atoms with van der Waals surface area (Å²) in [6.07, 6.45) is 0. The van der Waals surface area contributed by atoms with E-state index in [0.717, 1.165) is 48.4 Å². The molecule has 4 rings (SSSR count). The minimum absolute atomic E-state index is 0.0560. The van der Waals surface area contributed by atoms with E-state index in [1.54, 1.807) is 12.1 Å². The molecule has 158 valence electrons. The smallest absolute Gasteiger partial charge is 0.265 e. The molecular formula is C22H25BrN4O3. The van der Waals surface area contributed by atoms with Crippen LogP contribution in [0.1, 0.15) is 5.56 Å². The number of piperazine rings is 1. The lowest BCUT2D eigenvalue weighted by Gasteiger charge is -2.32. The Balaban J connectivity index is 1.39. The predicted molar refractivity (Wildman–Crippen MR) is 120 cm³/mol. The molecule has 2 aliphatic heterocycles. The number of halogens is 1. The monoisotopic (exact) mass is 472 g/mol. The summed E-state index contributed by atoms with van der Waals surface area (Å²) in [5, 5.41) is 2.93. The van der Waals surface area contributed by atoms with Gasteiger partial charge in [-0.2, -0.15) is 0 Å². The lowest BCUT2D eigenvalue weighted by molar-refractivity contribution is -0.123. The molecule has 8 heteroatoms. The molecule has 2 aromatic carbocycles. The fourth-order valence-electron chi connectivity index (χ4n) is 3.71. The summed E-state index contributed by atoms with van der Waals surface area (Å²) in [5.41, 5.74) is 2.51. The van der Waals surface area contributed by atoms with Crippen LogP contribution in [0.15, 0.2) is 46.9 Å². The molecule has 0 radical (unpaired) electrons. The molecule has 2 heterocycles. The van der Waals surface area contributed by atoms with Crippen molar-refractivity contribution in [2.45, 2.75) is 6.54 Å². The Hall–Kier alpha value is -2.42. The molecule has 2 amide bonds. The zero-order valence-corrected chi connectivity index (χ0v) is 18.5. The number of hydrogen-bond donors (Lipinski definition) is 1. The molecule has 0 aliphatic carbocycles. The first-order valence-electron chi connectivity index (χ1n) is 10.0. The van der Waals surface area contributed by atoms with Crippen molar-refractivity contribution < 1.29 is 14.3 Å². The van der Waals surface area contributed by atoms with Gasteiger partial charge in [-0.1, -0.05) is 28.1 Å². The second-order valence-corrected chi connectivity index (χ2v) is 8.62. The van der Waals surface area contributed by atoms with E-state index in [-0.39, 0.29) is 25.0 Å². The van der Waals surface area contributed by atoms with Crippen LogP contribution in [0.4, 0.5) is 11.4 Å². The summed E-state index contributed by atoms with van der Waals surface area (Å²) in [5.74, 6) is 0.116. The number of fused-ring (bicyclic) bond motifs is 1. The largest absolute Gasteiger partial charge is 0.482 e. The van der Waals surface area contributed by atoms with Crippen molar-refractivity contribution >= 4 is 39.1 Å². The highest BCUT2D eigenvalue weighted by Gasteiger charge is 2.27. The van der Waals surface area contributed by atoms with Crippen LogP contribution in [0.25, 0.3) is 0 Å². The molecule has 0 aromatic heterocycles. The van der Waals surface area contributed by atoms with Crippen molar-refractivity contribution in [3.63, 3.8) is 0 Å². The zero-order chi connectivity index (χ0) is 21.1. The van der Waals surface area contributed by atoms with Crippen LogP contribution in [0.2, 0.25) is 0 Å². The number of likely N-dealkylation sites (N-methyl/N-ethyl adjacent to an activating group) is 1. The first kappa shape index (κ1) is 20.8. The normalized spacial score (nSPS) is 17.4. The molecule has 1 fully saturated rings. The van der Waals surface area contributed by atoms with Crippen molar-refractivity contribution in [2.24, 2.45) is 0 Å². The molecule has 7 nitrogen and oxygen atoms in total. The van der Waals surface area contributed by atoms with Gasteiger partial charge in [-0.05, 0) is 42.9 Å². The van der Waals surface area contributed by atoms with Gasteiger partial charge in [0.15, 0.2) is 6.61 Å². The van der Waals surface area contributed by atoms with Gasteiger partial charge in [0, 0.05) is 42.9 Å². The highest BCUT2D eigenvalue weighted by Crippen LogP contribution is 2.34. The van der Waals surface area contributed by atoms with E-state index in [2.05, 4.69) is 44.2 Å². The molecule has 1 saturated heterocycles. The van der Waals surface area contributed by atoms with Gasteiger partial charge < -0.3 is 15.0 Å². The Labute approximate surface area is 184 Å². The number of anilines is 2. The van der Waals surface area contributed by atoms with Crippen molar-refractivity contribution in [3.05, 3.63) is 52.5 Å². The Morgan fingerprint density at radius 3 is 2.73 bits per heavy atom. The predicted octanol–water partition coefficient (Wildman–Crippen LogP) is 2.56. The van der Waals surface area contributed by atoms with Gasteiger partial charge in [-0.25, -0.2) is 0 Å². The number of carbonyl (C=O) groups excluding carboxylic acids is 2. The van der Waals surface area contributed by atoms with Crippen LogP contribution >= 0.6 is 15.9 Å². The third kappa shape index (κ3) is 5.00. The van der Waals surface area contributed by atoms with E-state index in [1.807, 2.05) is 24.3 Å². The van der Waals surface area contributed by atoms with Crippen LogP contribution < -0.4 is 15.0 Å². The highest BCUT2D eigenvalue weighted by atomic mass is 79.9. The van der Waals surface area contributed by atoms with Crippen molar-refractivity contribution in [2.75, 3.05) is 56.6 Å². The summed E-state index contributed by atoms with van der Waals surface area (Å²) in [7, 11) is 2.14. The van der Waals surface area contributed by atoms with E-state index in [9.17, 15) is 9.59 Å². The fraction of sp³-hybridized carbons (Fsp3) is 0.364. The van der Waals surface area contributed by atoms with Crippen molar-refractivity contribution in [3.8, 4) is 5.75 Å². The Morgan fingerprint density at radius 1 is 1.13 bits per heavy atom. The minimum atomic E-state index is -0.240. The molecular weight excluding hydrogens is 448 g/mol. The molecule has 2 aromatic rings. The SMILES string of the molecule is CN1CCN(Cc2cccc(NC(=O)CN3C(=O)COc4cc(Br)ccc43)c2)CC1. The van der Waals surface area contributed by atoms with E-state index in [1.165, 1.54) is 4.90 Å². The van der Waals surface area contributed by atoms with E-state index in [0.29, 0.717) is 11.4 Å². The van der Waals surface area contributed by atoms with E-state index < -0.39 is 0 Å². The van der Waals surface area contributed by atoms with E-state index in [4.69, 9.17) is 4.74 Å². The van der Waals surface area contributed by atoms with Crippen LogP contribution in [0, 0.1) is 0 Å². The molecule has 0 atom stereocenters. The zero-order valence-electron chi connectivity index (χ0n) is 16.9. The quantitative estimate of drug-likeness (QED) is 0.724. The second kappa shape index (κ2) is 9.16. The first-order chi connectivity index (χ1) is 14.5. The Morgan fingerprint density at radius 2 is 1.93 bits per heavy atom. The summed E-state index contributed by atoms with van der Waals surface area (Å²) in [6, 6.07) is 13.3. The van der Waals surface area contributed by atoms with Crippen LogP contribution in [-0.2, 0) is 16.1 Å². The molecule has 1 N–H and O–H groups in total. The lowest BCUT2D eigenvalue weighted by Crippen LogP contribution is -2.44. The molecule has 0 bridgehead atoms. The molecule has 2 aliphatic rings. The van der Waals surface area contributed by atoms with Crippen molar-refractivity contribution in [1.29, 1.82) is 0 Å². The summed E-state index contributed by atoms with van der Waals surface area (Å²) < 4.78 is 6.34. The number of nitrogens with zero attached hydrogens (tertiary/aromatic N) is 3. The maximum absolute atomic E-state index is 12.7. The topological polar surface area (TPSA) is 65.1 Å². The average molecular weight is 473 g/mol. The average Bonchev–Trinajstić information content (AvgIpc) is 2.72. The number of carbonyl (C=O) groups is 2. The lowest BCUT2D eigenvalue weighted by atomic mass is 10.1. The van der Waals surface area contributed by atoms with Gasteiger partial charge >= 0.3 is 0 Å². The highest BCUT2D eigenvalue weighted by molar-refractivity contribution is 9.10. The van der Waals surface area contributed by atoms with Gasteiger partial charge in [0.25, 0.3) is 5.91 Å². The standard InChI is InChI=1S/C22H25BrN4O3/c1-25-7-9-26(10-8-25)13-16-3-2-4-18(11-16)24-21(28)14-27-19-6-5-17(23)12-20(19)30-15-22(27)29/h2-6,11-12H,7-10,13-15H2,1H3,(H,24,28). The fourth-order valence-corrected chi connectivity index (χ4v) is 4.05. The van der Waals surface area contributed by atoms with Gasteiger partial charge in [0.1, 0.15) is 12.3 Å². The number of rotatable bonds is 5. The van der Waals surface area contributed by atoms with Crippen molar-refractivity contribution in [1.82, 2.24) is 9.80 Å². The number of amides is 2. The van der Waals surface area contributed by atoms with Gasteiger partial charge in [0.05, 0.1) is 5.69 Å². The maximum Gasteiger partial charge on any atom is 0.265 e. The maximum atomic E-state index is 12.7. The molecule has 30 heavy (non-hydrogen) atoms. The van der Waals surface area contributed by atoms with Crippen LogP contribution in [0.3, 0.4) is 0 Å². The number of ether oxygens (including phenoxy) is 1. The van der Waals surface area contributed by atoms with Gasteiger partial charge in [-0.15, -0.1) is 0 Å². The van der Waals surface area contributed by atoms with Crippen LogP contribution in [0.5, 0.6) is 5.75 Å². The number of hydrogen-bond acceptors (Lipinski definition) is 5. The Kier molecular flexibility index (Phi) is 6.36. The summed E-state index contributed by atoms with van der Waals surface area (Å²) >= 11 is 3.40. The second-order valence-electron chi connectivity index (χ2n) is 7.71. The summed E-state index contributed by atoms with van der Waals surface area (Å²) in [6.45, 7) is 4.96. The third-order valence-corrected chi connectivity index (χ3v) is 5.87. The first-order valence-corrected chi connectivity index (χ1v) is 10.8. The number of nitrogens with one attached hydrogen (secondary N) is 1.